The van der Waals surface area contributed by atoms with Crippen molar-refractivity contribution in [3.8, 4) is 0 Å². The van der Waals surface area contributed by atoms with Gasteiger partial charge in [0, 0.05) is 14.1 Å². The fraction of sp³-hybridized carbons (Fsp3) is 0.214. The monoisotopic (exact) mass is 212 g/mol. The number of hydrogen-bond acceptors (Lipinski definition) is 2. The second-order valence-electron chi connectivity index (χ2n) is 4.09. The minimum absolute atomic E-state index is 1.04. The van der Waals surface area contributed by atoms with Crippen LogP contribution in [0.3, 0.4) is 0 Å². The number of nitrogens with zero attached hydrogens (tertiary/aromatic N) is 2. The van der Waals surface area contributed by atoms with Gasteiger partial charge in [-0.1, -0.05) is 36.4 Å². The molecule has 0 spiro atoms. The van der Waals surface area contributed by atoms with E-state index in [0.717, 1.165) is 5.71 Å². The maximum atomic E-state index is 4.40. The molecule has 0 heterocycles. The smallest absolute Gasteiger partial charge is 0.0646 e. The number of hydrazone groups is 1. The van der Waals surface area contributed by atoms with Crippen LogP contribution in [0.2, 0.25) is 0 Å². The van der Waals surface area contributed by atoms with Crippen LogP contribution in [-0.4, -0.2) is 24.8 Å². The molecule has 0 fully saturated rings. The van der Waals surface area contributed by atoms with Crippen LogP contribution in [-0.2, 0) is 0 Å². The predicted octanol–water partition coefficient (Wildman–Crippen LogP) is 3.13. The minimum atomic E-state index is 1.04. The molecule has 0 aromatic heterocycles. The molecular weight excluding hydrogens is 196 g/mol. The van der Waals surface area contributed by atoms with Crippen LogP contribution in [0, 0.1) is 0 Å². The summed E-state index contributed by atoms with van der Waals surface area (Å²) in [5.74, 6) is 0. The van der Waals surface area contributed by atoms with E-state index in [9.17, 15) is 0 Å². The largest absolute Gasteiger partial charge is 0.303 e. The van der Waals surface area contributed by atoms with Gasteiger partial charge >= 0.3 is 0 Å². The molecule has 0 N–H and O–H groups in total. The summed E-state index contributed by atoms with van der Waals surface area (Å²) in [7, 11) is 3.87. The number of fused-ring (bicyclic) bond motifs is 1. The topological polar surface area (TPSA) is 15.6 Å². The van der Waals surface area contributed by atoms with Crippen LogP contribution in [0.4, 0.5) is 0 Å². The van der Waals surface area contributed by atoms with Gasteiger partial charge in [-0.2, -0.15) is 5.10 Å². The van der Waals surface area contributed by atoms with Crippen molar-refractivity contribution in [3.05, 3.63) is 48.0 Å². The molecule has 0 bridgehead atoms. The molecule has 16 heavy (non-hydrogen) atoms. The average Bonchev–Trinajstić information content (AvgIpc) is 2.27. The number of hydrogen-bond donors (Lipinski definition) is 0. The molecule has 0 aliphatic rings. The van der Waals surface area contributed by atoms with Gasteiger partial charge in [0.2, 0.25) is 0 Å². The molecule has 82 valence electrons. The third kappa shape index (κ3) is 2.22. The van der Waals surface area contributed by atoms with E-state index in [1.165, 1.54) is 16.3 Å². The molecule has 0 saturated carbocycles. The zero-order valence-corrected chi connectivity index (χ0v) is 9.94. The first-order valence-corrected chi connectivity index (χ1v) is 5.38. The molecular formula is C14H16N2. The first kappa shape index (κ1) is 10.7. The van der Waals surface area contributed by atoms with Crippen LogP contribution in [0.1, 0.15) is 12.5 Å². The van der Waals surface area contributed by atoms with Gasteiger partial charge in [-0.3, -0.25) is 0 Å². The van der Waals surface area contributed by atoms with E-state index in [0.29, 0.717) is 0 Å². The van der Waals surface area contributed by atoms with Crippen molar-refractivity contribution in [2.45, 2.75) is 6.92 Å². The van der Waals surface area contributed by atoms with Crippen molar-refractivity contribution in [1.29, 1.82) is 0 Å². The number of rotatable bonds is 2. The highest BCUT2D eigenvalue weighted by molar-refractivity contribution is 6.01. The molecule has 0 radical (unpaired) electrons. The summed E-state index contributed by atoms with van der Waals surface area (Å²) in [6, 6.07) is 14.8. The van der Waals surface area contributed by atoms with Gasteiger partial charge in [-0.05, 0) is 29.3 Å². The summed E-state index contributed by atoms with van der Waals surface area (Å²) >= 11 is 0. The predicted molar refractivity (Wildman–Crippen MR) is 69.8 cm³/mol. The summed E-state index contributed by atoms with van der Waals surface area (Å²) in [5, 5.41) is 8.75. The second-order valence-corrected chi connectivity index (χ2v) is 4.09. The van der Waals surface area contributed by atoms with Crippen molar-refractivity contribution in [1.82, 2.24) is 5.01 Å². The van der Waals surface area contributed by atoms with Crippen LogP contribution < -0.4 is 0 Å². The summed E-state index contributed by atoms with van der Waals surface area (Å²) in [5.41, 5.74) is 2.21. The maximum Gasteiger partial charge on any atom is 0.0646 e. The van der Waals surface area contributed by atoms with Crippen molar-refractivity contribution >= 4 is 16.5 Å². The van der Waals surface area contributed by atoms with E-state index < -0.39 is 0 Å². The van der Waals surface area contributed by atoms with Gasteiger partial charge in [0.15, 0.2) is 0 Å². The van der Waals surface area contributed by atoms with E-state index >= 15 is 0 Å². The molecule has 2 nitrogen and oxygen atoms in total. The van der Waals surface area contributed by atoms with E-state index in [-0.39, 0.29) is 0 Å². The Morgan fingerprint density at radius 3 is 2.38 bits per heavy atom. The first-order valence-electron chi connectivity index (χ1n) is 5.38. The Bertz CT molecular complexity index is 527. The fourth-order valence-corrected chi connectivity index (χ4v) is 1.77. The summed E-state index contributed by atoms with van der Waals surface area (Å²) in [6.45, 7) is 2.03. The third-order valence-electron chi connectivity index (χ3n) is 2.52. The third-order valence-corrected chi connectivity index (χ3v) is 2.52. The fourth-order valence-electron chi connectivity index (χ4n) is 1.77. The van der Waals surface area contributed by atoms with Gasteiger partial charge in [-0.25, -0.2) is 0 Å². The summed E-state index contributed by atoms with van der Waals surface area (Å²) in [6.07, 6.45) is 0. The Labute approximate surface area is 96.2 Å². The standard InChI is InChI=1S/C14H16N2/c1-11(15-16(2)3)13-9-8-12-6-4-5-7-14(12)10-13/h4-10H,1-3H3. The Hall–Kier alpha value is -1.83. The van der Waals surface area contributed by atoms with Crippen LogP contribution in [0.15, 0.2) is 47.6 Å². The molecule has 0 aliphatic heterocycles. The Morgan fingerprint density at radius 2 is 1.69 bits per heavy atom. The summed E-state index contributed by atoms with van der Waals surface area (Å²) < 4.78 is 0. The molecule has 0 unspecified atom stereocenters. The van der Waals surface area contributed by atoms with Crippen LogP contribution >= 0.6 is 0 Å². The van der Waals surface area contributed by atoms with Crippen molar-refractivity contribution in [3.63, 3.8) is 0 Å². The Kier molecular flexibility index (Phi) is 2.91. The molecule has 2 heteroatoms. The van der Waals surface area contributed by atoms with Crippen LogP contribution in [0.5, 0.6) is 0 Å². The molecule has 0 amide bonds. The van der Waals surface area contributed by atoms with Crippen molar-refractivity contribution < 1.29 is 0 Å². The molecule has 2 aromatic carbocycles. The van der Waals surface area contributed by atoms with Crippen molar-refractivity contribution in [2.24, 2.45) is 5.10 Å². The Balaban J connectivity index is 2.47. The summed E-state index contributed by atoms with van der Waals surface area (Å²) in [4.78, 5) is 0. The first-order chi connectivity index (χ1) is 7.66. The van der Waals surface area contributed by atoms with Gasteiger partial charge in [-0.15, -0.1) is 0 Å². The lowest BCUT2D eigenvalue weighted by atomic mass is 10.0. The van der Waals surface area contributed by atoms with Gasteiger partial charge in [0.05, 0.1) is 5.71 Å². The molecule has 2 rings (SSSR count). The lowest BCUT2D eigenvalue weighted by Crippen LogP contribution is -2.07. The molecule has 0 atom stereocenters. The highest BCUT2D eigenvalue weighted by Crippen LogP contribution is 2.16. The lowest BCUT2D eigenvalue weighted by molar-refractivity contribution is 0.438. The molecule has 2 aromatic rings. The number of benzene rings is 2. The zero-order chi connectivity index (χ0) is 11.5. The molecule has 0 saturated heterocycles. The van der Waals surface area contributed by atoms with E-state index in [1.54, 1.807) is 0 Å². The maximum absolute atomic E-state index is 4.40. The second kappa shape index (κ2) is 4.35. The van der Waals surface area contributed by atoms with Crippen molar-refractivity contribution in [2.75, 3.05) is 14.1 Å². The minimum Gasteiger partial charge on any atom is -0.303 e. The van der Waals surface area contributed by atoms with Gasteiger partial charge in [0.25, 0.3) is 0 Å². The zero-order valence-electron chi connectivity index (χ0n) is 9.94. The van der Waals surface area contributed by atoms with E-state index in [2.05, 4.69) is 47.6 Å². The van der Waals surface area contributed by atoms with Crippen LogP contribution in [0.25, 0.3) is 10.8 Å². The quantitative estimate of drug-likeness (QED) is 0.551. The molecule has 0 aliphatic carbocycles. The highest BCUT2D eigenvalue weighted by atomic mass is 15.4. The van der Waals surface area contributed by atoms with Gasteiger partial charge in [0.1, 0.15) is 0 Å². The van der Waals surface area contributed by atoms with Gasteiger partial charge < -0.3 is 5.01 Å². The lowest BCUT2D eigenvalue weighted by Gasteiger charge is -2.08. The Morgan fingerprint density at radius 1 is 1.00 bits per heavy atom. The highest BCUT2D eigenvalue weighted by Gasteiger charge is 1.99. The van der Waals surface area contributed by atoms with E-state index in [4.69, 9.17) is 0 Å². The average molecular weight is 212 g/mol. The van der Waals surface area contributed by atoms with E-state index in [1.807, 2.05) is 26.0 Å². The SMILES string of the molecule is CC(=NN(C)C)c1ccc2ccccc2c1. The normalized spacial score (nSPS) is 11.8.